The zero-order valence-electron chi connectivity index (χ0n) is 37.9. The van der Waals surface area contributed by atoms with E-state index in [1.807, 2.05) is 11.8 Å². The first-order valence-corrected chi connectivity index (χ1v) is 24.4. The third kappa shape index (κ3) is 6.66. The summed E-state index contributed by atoms with van der Waals surface area (Å²) in [4.78, 5) is 3.68. The van der Waals surface area contributed by atoms with Crippen LogP contribution in [0.4, 0.5) is 22.7 Å². The van der Waals surface area contributed by atoms with E-state index in [4.69, 9.17) is 0 Å². The Morgan fingerprint density at radius 3 is 1.63 bits per heavy atom. The summed E-state index contributed by atoms with van der Waals surface area (Å²) in [5, 5.41) is 6.61. The molecule has 1 atom stereocenters. The highest BCUT2D eigenvalue weighted by Crippen LogP contribution is 2.53. The number of anilines is 4. The van der Waals surface area contributed by atoms with Gasteiger partial charge in [-0.3, -0.25) is 0 Å². The molecule has 0 amide bonds. The quantitative estimate of drug-likeness (QED) is 0.164. The van der Waals surface area contributed by atoms with E-state index in [1.54, 1.807) is 0 Å². The van der Waals surface area contributed by atoms with Crippen LogP contribution in [0.2, 0.25) is 0 Å². The lowest BCUT2D eigenvalue weighted by Crippen LogP contribution is -2.16. The molecule has 11 aromatic rings. The van der Waals surface area contributed by atoms with Crippen molar-refractivity contribution in [2.75, 3.05) is 10.2 Å². The van der Waals surface area contributed by atoms with Crippen LogP contribution in [-0.2, 0) is 5.41 Å². The van der Waals surface area contributed by atoms with Gasteiger partial charge >= 0.3 is 0 Å². The van der Waals surface area contributed by atoms with Crippen LogP contribution >= 0.6 is 11.8 Å². The first-order chi connectivity index (χ1) is 33.5. The van der Waals surface area contributed by atoms with Crippen molar-refractivity contribution in [1.29, 1.82) is 0 Å². The Morgan fingerprint density at radius 2 is 0.956 bits per heavy atom. The first kappa shape index (κ1) is 40.2. The van der Waals surface area contributed by atoms with Gasteiger partial charge in [0.25, 0.3) is 0 Å². The number of para-hydroxylation sites is 1. The average molecular weight is 890 g/mol. The molecule has 1 unspecified atom stereocenters. The predicted molar refractivity (Wildman–Crippen MR) is 288 cm³/mol. The second-order valence-electron chi connectivity index (χ2n) is 18.6. The summed E-state index contributed by atoms with van der Waals surface area (Å²) < 4.78 is 2.41. The molecule has 4 heteroatoms. The van der Waals surface area contributed by atoms with Crippen molar-refractivity contribution in [3.8, 4) is 50.2 Å². The molecule has 0 bridgehead atoms. The molecule has 2 heterocycles. The van der Waals surface area contributed by atoms with E-state index < -0.39 is 0 Å². The maximum absolute atomic E-state index is 3.94. The van der Waals surface area contributed by atoms with Crippen LogP contribution in [0.1, 0.15) is 35.9 Å². The molecule has 68 heavy (non-hydrogen) atoms. The number of nitrogens with zero attached hydrogens (tertiary/aromatic N) is 2. The van der Waals surface area contributed by atoms with Crippen molar-refractivity contribution < 1.29 is 0 Å². The number of hydrogen-bond acceptors (Lipinski definition) is 3. The molecule has 1 aliphatic carbocycles. The van der Waals surface area contributed by atoms with E-state index in [2.05, 4.69) is 265 Å². The van der Waals surface area contributed by atoms with Gasteiger partial charge in [-0.1, -0.05) is 189 Å². The van der Waals surface area contributed by atoms with Crippen LogP contribution in [0, 0.1) is 0 Å². The Labute approximate surface area is 402 Å². The number of hydrogen-bond donors (Lipinski definition) is 1. The third-order valence-corrected chi connectivity index (χ3v) is 15.5. The van der Waals surface area contributed by atoms with E-state index >= 15 is 0 Å². The largest absolute Gasteiger partial charge is 0.368 e. The van der Waals surface area contributed by atoms with Gasteiger partial charge in [-0.05, 0) is 134 Å². The Hall–Kier alpha value is -8.05. The van der Waals surface area contributed by atoms with Gasteiger partial charge in [-0.15, -0.1) is 0 Å². The monoisotopic (exact) mass is 889 g/mol. The molecule has 0 radical (unpaired) electrons. The fourth-order valence-electron chi connectivity index (χ4n) is 10.8. The van der Waals surface area contributed by atoms with Crippen molar-refractivity contribution in [3.63, 3.8) is 0 Å². The molecular formula is C64H47N3S. The standard InChI is InChI=1S/C64H47N3S/c1-64(2)56-21-13-12-20-53(56)54-36-35-52(41-57(54)64)66(50-31-26-44(27-32-50)42-14-6-3-7-15-42)51-33-28-45(29-34-51)43-22-24-46(25-23-43)48-30-37-58-55(40-48)61-59(67(58)49-18-10-5-11-19-49)38-39-60-62(61)65-63(68-60)47-16-8-4-9-17-47/h3-41,63,65H,1-2H3. The van der Waals surface area contributed by atoms with E-state index in [-0.39, 0.29) is 10.8 Å². The first-order valence-electron chi connectivity index (χ1n) is 23.5. The topological polar surface area (TPSA) is 20.2 Å². The Bertz CT molecular complexity index is 3670. The van der Waals surface area contributed by atoms with Crippen LogP contribution in [0.25, 0.3) is 72.0 Å². The molecule has 0 saturated carbocycles. The predicted octanol–water partition coefficient (Wildman–Crippen LogP) is 17.8. The molecular weight excluding hydrogens is 843 g/mol. The average Bonchev–Trinajstić information content (AvgIpc) is 4.06. The summed E-state index contributed by atoms with van der Waals surface area (Å²) in [5.74, 6) is 0. The maximum atomic E-state index is 3.94. The number of benzene rings is 10. The summed E-state index contributed by atoms with van der Waals surface area (Å²) in [6.45, 7) is 4.71. The minimum atomic E-state index is -0.101. The fraction of sp³-hybridized carbons (Fsp3) is 0.0625. The Kier molecular flexibility index (Phi) is 9.52. The van der Waals surface area contributed by atoms with Gasteiger partial charge in [0.05, 0.1) is 16.7 Å². The third-order valence-electron chi connectivity index (χ3n) is 14.3. The van der Waals surface area contributed by atoms with Gasteiger partial charge in [0.1, 0.15) is 5.37 Å². The van der Waals surface area contributed by atoms with Gasteiger partial charge in [-0.25, -0.2) is 0 Å². The fourth-order valence-corrected chi connectivity index (χ4v) is 12.0. The van der Waals surface area contributed by atoms with Crippen molar-refractivity contribution in [2.24, 2.45) is 0 Å². The summed E-state index contributed by atoms with van der Waals surface area (Å²) in [6.07, 6.45) is 0. The highest BCUT2D eigenvalue weighted by atomic mass is 32.2. The van der Waals surface area contributed by atoms with Crippen LogP contribution < -0.4 is 10.2 Å². The normalized spacial score (nSPS) is 14.4. The van der Waals surface area contributed by atoms with Gasteiger partial charge in [-0.2, -0.15) is 0 Å². The lowest BCUT2D eigenvalue weighted by Gasteiger charge is -2.28. The highest BCUT2D eigenvalue weighted by Gasteiger charge is 2.36. The molecule has 2 aliphatic rings. The zero-order valence-corrected chi connectivity index (χ0v) is 38.7. The van der Waals surface area contributed by atoms with E-state index in [0.29, 0.717) is 0 Å². The summed E-state index contributed by atoms with van der Waals surface area (Å²) in [5.41, 5.74) is 21.9. The summed E-state index contributed by atoms with van der Waals surface area (Å²) >= 11 is 1.90. The summed E-state index contributed by atoms with van der Waals surface area (Å²) in [6, 6.07) is 86.7. The molecule has 324 valence electrons. The number of aromatic nitrogens is 1. The van der Waals surface area contributed by atoms with Gasteiger partial charge < -0.3 is 14.8 Å². The van der Waals surface area contributed by atoms with Crippen molar-refractivity contribution >= 4 is 56.3 Å². The van der Waals surface area contributed by atoms with Crippen molar-refractivity contribution in [3.05, 3.63) is 253 Å². The van der Waals surface area contributed by atoms with Gasteiger partial charge in [0.15, 0.2) is 0 Å². The minimum absolute atomic E-state index is 0.101. The van der Waals surface area contributed by atoms with Crippen LogP contribution in [0.15, 0.2) is 241 Å². The van der Waals surface area contributed by atoms with E-state index in [0.717, 1.165) is 22.7 Å². The SMILES string of the molecule is CC1(C)c2ccccc2-c2ccc(N(c3ccc(-c4ccccc4)cc3)c3ccc(-c4ccc(-c5ccc6c(c5)c5c7c(ccc5n6-c5ccccc5)SC(c5ccccc5)N7)cc4)cc3)cc21. The minimum Gasteiger partial charge on any atom is -0.368 e. The number of nitrogens with one attached hydrogen (secondary N) is 1. The van der Waals surface area contributed by atoms with Gasteiger partial charge in [0.2, 0.25) is 0 Å². The summed E-state index contributed by atoms with van der Waals surface area (Å²) in [7, 11) is 0. The van der Waals surface area contributed by atoms with Gasteiger partial charge in [0, 0.05) is 43.8 Å². The molecule has 13 rings (SSSR count). The number of rotatable bonds is 8. The molecule has 1 aliphatic heterocycles. The Balaban J connectivity index is 0.846. The van der Waals surface area contributed by atoms with Crippen LogP contribution in [0.5, 0.6) is 0 Å². The molecule has 0 fully saturated rings. The second kappa shape index (κ2) is 16.1. The molecule has 0 spiro atoms. The lowest BCUT2D eigenvalue weighted by atomic mass is 9.82. The smallest absolute Gasteiger partial charge is 0.103 e. The maximum Gasteiger partial charge on any atom is 0.103 e. The van der Waals surface area contributed by atoms with E-state index in [1.165, 1.54) is 93.6 Å². The Morgan fingerprint density at radius 1 is 0.441 bits per heavy atom. The molecule has 0 saturated heterocycles. The van der Waals surface area contributed by atoms with Crippen LogP contribution in [-0.4, -0.2) is 4.57 Å². The molecule has 3 nitrogen and oxygen atoms in total. The van der Waals surface area contributed by atoms with Crippen LogP contribution in [0.3, 0.4) is 0 Å². The highest BCUT2D eigenvalue weighted by molar-refractivity contribution is 8.00. The number of fused-ring (bicyclic) bond motifs is 8. The van der Waals surface area contributed by atoms with Crippen molar-refractivity contribution in [1.82, 2.24) is 4.57 Å². The number of thioether (sulfide) groups is 1. The molecule has 10 aromatic carbocycles. The molecule has 1 aromatic heterocycles. The zero-order chi connectivity index (χ0) is 45.3. The van der Waals surface area contributed by atoms with Crippen molar-refractivity contribution in [2.45, 2.75) is 29.5 Å². The molecule has 1 N–H and O–H groups in total. The van der Waals surface area contributed by atoms with E-state index in [9.17, 15) is 0 Å². The lowest BCUT2D eigenvalue weighted by molar-refractivity contribution is 0.660. The second-order valence-corrected chi connectivity index (χ2v) is 19.7.